The van der Waals surface area contributed by atoms with Crippen LogP contribution in [0, 0.1) is 0 Å². The number of morpholine rings is 1. The van der Waals surface area contributed by atoms with Crippen molar-refractivity contribution < 1.29 is 31.2 Å². The number of ether oxygens (including phenoxy) is 1. The summed E-state index contributed by atoms with van der Waals surface area (Å²) in [6.07, 6.45) is 1.15. The van der Waals surface area contributed by atoms with Crippen LogP contribution in [0.25, 0.3) is 0 Å². The van der Waals surface area contributed by atoms with Crippen LogP contribution in [0.4, 0.5) is 0 Å². The predicted molar refractivity (Wildman–Crippen MR) is 109 cm³/mol. The minimum atomic E-state index is -4.46. The largest absolute Gasteiger partial charge is 0.378 e. The lowest BCUT2D eigenvalue weighted by Crippen LogP contribution is -2.37. The van der Waals surface area contributed by atoms with Crippen LogP contribution in [0.2, 0.25) is 0 Å². The van der Waals surface area contributed by atoms with Crippen LogP contribution in [0.15, 0.2) is 62.7 Å². The van der Waals surface area contributed by atoms with Gasteiger partial charge in [0.2, 0.25) is 0 Å². The van der Waals surface area contributed by atoms with Gasteiger partial charge in [0.1, 0.15) is 16.1 Å². The van der Waals surface area contributed by atoms with Crippen LogP contribution in [-0.2, 0) is 24.8 Å². The van der Waals surface area contributed by atoms with E-state index in [2.05, 4.69) is 4.40 Å². The lowest BCUT2D eigenvalue weighted by molar-refractivity contribution is 0.0701. The molecule has 0 N–H and O–H groups in total. The number of nitrogens with zero attached hydrogens (tertiary/aromatic N) is 3. The number of imide groups is 1. The molecule has 162 valence electrons. The van der Waals surface area contributed by atoms with E-state index in [4.69, 9.17) is 4.74 Å². The van der Waals surface area contributed by atoms with Crippen molar-refractivity contribution in [3.63, 3.8) is 0 Å². The van der Waals surface area contributed by atoms with Crippen molar-refractivity contribution in [3.8, 4) is 0 Å². The van der Waals surface area contributed by atoms with E-state index >= 15 is 0 Å². The molecule has 1 fully saturated rings. The van der Waals surface area contributed by atoms with Crippen molar-refractivity contribution >= 4 is 38.2 Å². The van der Waals surface area contributed by atoms with Crippen molar-refractivity contribution in [1.29, 1.82) is 0 Å². The highest BCUT2D eigenvalue weighted by atomic mass is 32.2. The van der Waals surface area contributed by atoms with Crippen molar-refractivity contribution in [2.45, 2.75) is 9.79 Å². The maximum atomic E-state index is 13.1. The summed E-state index contributed by atoms with van der Waals surface area (Å²) in [5.41, 5.74) is -0.618. The third-order valence-electron chi connectivity index (χ3n) is 4.79. The first kappa shape index (κ1) is 21.2. The molecule has 2 amide bonds. The molecule has 0 spiro atoms. The highest BCUT2D eigenvalue weighted by Gasteiger charge is 2.46. The highest BCUT2D eigenvalue weighted by Crippen LogP contribution is 2.32. The first-order chi connectivity index (χ1) is 14.7. The van der Waals surface area contributed by atoms with E-state index in [1.165, 1.54) is 36.4 Å². The number of carbonyl (C=O) groups excluding carboxylic acids is 2. The van der Waals surface area contributed by atoms with Gasteiger partial charge in [-0.3, -0.25) is 9.59 Å². The number of sulfonamides is 2. The molecule has 0 radical (unpaired) electrons. The van der Waals surface area contributed by atoms with Crippen LogP contribution < -0.4 is 0 Å². The fraction of sp³-hybridized carbons (Fsp3) is 0.211. The fourth-order valence-electron chi connectivity index (χ4n) is 3.24. The van der Waals surface area contributed by atoms with Gasteiger partial charge in [0.05, 0.1) is 24.3 Å². The Kier molecular flexibility index (Phi) is 5.37. The number of fused-ring (bicyclic) bond motifs is 1. The molecular weight excluding hydrogens is 446 g/mol. The van der Waals surface area contributed by atoms with Crippen LogP contribution in [0.1, 0.15) is 20.7 Å². The molecule has 2 aromatic carbocycles. The zero-order valence-electron chi connectivity index (χ0n) is 16.0. The topological polar surface area (TPSA) is 130 Å². The molecule has 0 saturated carbocycles. The molecule has 0 aliphatic carbocycles. The quantitative estimate of drug-likeness (QED) is 0.368. The second-order valence-corrected chi connectivity index (χ2v) is 10.1. The Labute approximate surface area is 178 Å². The Morgan fingerprint density at radius 1 is 1.03 bits per heavy atom. The Balaban J connectivity index is 1.72. The second kappa shape index (κ2) is 7.87. The summed E-state index contributed by atoms with van der Waals surface area (Å²) in [5, 5.41) is 0. The summed E-state index contributed by atoms with van der Waals surface area (Å²) < 4.78 is 60.1. The molecule has 12 heteroatoms. The average Bonchev–Trinajstić information content (AvgIpc) is 2.98. The van der Waals surface area contributed by atoms with Gasteiger partial charge >= 0.3 is 0 Å². The number of benzene rings is 2. The molecule has 0 unspecified atom stereocenters. The Morgan fingerprint density at radius 3 is 2.39 bits per heavy atom. The molecule has 0 bridgehead atoms. The number of rotatable bonds is 4. The lowest BCUT2D eigenvalue weighted by Gasteiger charge is -2.24. The Bertz CT molecular complexity index is 1300. The van der Waals surface area contributed by atoms with Gasteiger partial charge in [-0.05, 0) is 24.3 Å². The van der Waals surface area contributed by atoms with Crippen molar-refractivity contribution in [2.75, 3.05) is 26.3 Å². The molecule has 0 atom stereocenters. The second-order valence-electron chi connectivity index (χ2n) is 6.72. The minimum Gasteiger partial charge on any atom is -0.378 e. The van der Waals surface area contributed by atoms with Crippen molar-refractivity contribution in [2.24, 2.45) is 4.40 Å². The van der Waals surface area contributed by atoms with Crippen molar-refractivity contribution in [3.05, 3.63) is 59.7 Å². The smallest absolute Gasteiger partial charge is 0.284 e. The van der Waals surface area contributed by atoms with E-state index in [1.54, 1.807) is 4.90 Å². The number of carbonyl (C=O) groups is 2. The standard InChI is InChI=1S/C19H17N3O7S2/c23-18(22-19(24)15-6-2-4-8-17(15)31(22,27)28)14-5-1-3-7-16(14)30(25,26)20-13-21-9-11-29-12-10-21/h1-8,13H,9-12H2. The summed E-state index contributed by atoms with van der Waals surface area (Å²) in [4.78, 5) is 26.6. The predicted octanol–water partition coefficient (Wildman–Crippen LogP) is 0.721. The van der Waals surface area contributed by atoms with E-state index in [9.17, 15) is 26.4 Å². The fourth-order valence-corrected chi connectivity index (χ4v) is 5.81. The summed E-state index contributed by atoms with van der Waals surface area (Å²) in [5.74, 6) is -2.30. The Hall–Kier alpha value is -3.09. The van der Waals surface area contributed by atoms with Crippen molar-refractivity contribution in [1.82, 2.24) is 9.21 Å². The molecule has 2 heterocycles. The number of hydrogen-bond donors (Lipinski definition) is 0. The van der Waals surface area contributed by atoms with E-state index in [0.717, 1.165) is 18.5 Å². The molecule has 2 aromatic rings. The maximum Gasteiger partial charge on any atom is 0.284 e. The molecular formula is C19H17N3O7S2. The molecule has 0 aromatic heterocycles. The van der Waals surface area contributed by atoms with Gasteiger partial charge in [0.15, 0.2) is 0 Å². The maximum absolute atomic E-state index is 13.1. The highest BCUT2D eigenvalue weighted by molar-refractivity contribution is 7.91. The van der Waals surface area contributed by atoms with Crippen LogP contribution in [0.5, 0.6) is 0 Å². The van der Waals surface area contributed by atoms with Gasteiger partial charge in [0, 0.05) is 13.1 Å². The van der Waals surface area contributed by atoms with E-state index in [0.29, 0.717) is 26.3 Å². The van der Waals surface area contributed by atoms with Gasteiger partial charge in [-0.1, -0.05) is 24.3 Å². The van der Waals surface area contributed by atoms with E-state index in [1.807, 2.05) is 0 Å². The summed E-state index contributed by atoms with van der Waals surface area (Å²) >= 11 is 0. The van der Waals surface area contributed by atoms with Crippen LogP contribution in [-0.4, -0.2) is 70.5 Å². The first-order valence-electron chi connectivity index (χ1n) is 9.18. The van der Waals surface area contributed by atoms with Crippen LogP contribution >= 0.6 is 0 Å². The number of hydrogen-bond acceptors (Lipinski definition) is 7. The third kappa shape index (κ3) is 3.73. The summed E-state index contributed by atoms with van der Waals surface area (Å²) in [6.45, 7) is 1.77. The monoisotopic (exact) mass is 463 g/mol. The zero-order chi connectivity index (χ0) is 22.2. The van der Waals surface area contributed by atoms with Gasteiger partial charge in [-0.25, -0.2) is 8.42 Å². The molecule has 2 aliphatic rings. The first-order valence-corrected chi connectivity index (χ1v) is 12.1. The average molecular weight is 463 g/mol. The van der Waals surface area contributed by atoms with E-state index in [-0.39, 0.29) is 14.8 Å². The van der Waals surface area contributed by atoms with Gasteiger partial charge in [-0.15, -0.1) is 4.40 Å². The summed E-state index contributed by atoms with van der Waals surface area (Å²) in [7, 11) is -8.81. The SMILES string of the molecule is O=C(c1ccccc1S(=O)(=O)N=CN1CCOCC1)N1C(=O)c2ccccc2S1(=O)=O. The third-order valence-corrected chi connectivity index (χ3v) is 7.80. The molecule has 10 nitrogen and oxygen atoms in total. The van der Waals surface area contributed by atoms with Gasteiger partial charge < -0.3 is 9.64 Å². The minimum absolute atomic E-state index is 0.0949. The molecule has 2 aliphatic heterocycles. The molecule has 31 heavy (non-hydrogen) atoms. The summed E-state index contributed by atoms with van der Waals surface area (Å²) in [6, 6.07) is 10.4. The van der Waals surface area contributed by atoms with Gasteiger partial charge in [-0.2, -0.15) is 12.7 Å². The normalized spacial score (nSPS) is 18.4. The van der Waals surface area contributed by atoms with Gasteiger partial charge in [0.25, 0.3) is 31.9 Å². The zero-order valence-corrected chi connectivity index (χ0v) is 17.7. The molecule has 4 rings (SSSR count). The Morgan fingerprint density at radius 2 is 1.68 bits per heavy atom. The lowest BCUT2D eigenvalue weighted by atomic mass is 10.2. The number of amides is 2. The van der Waals surface area contributed by atoms with E-state index < -0.39 is 42.3 Å². The van der Waals surface area contributed by atoms with Crippen LogP contribution in [0.3, 0.4) is 0 Å². The molecule has 1 saturated heterocycles.